The van der Waals surface area contributed by atoms with Gasteiger partial charge in [0.05, 0.1) is 0 Å². The molecule has 1 rings (SSSR count). The van der Waals surface area contributed by atoms with E-state index >= 15 is 0 Å². The molecule has 0 saturated carbocycles. The summed E-state index contributed by atoms with van der Waals surface area (Å²) in [5.41, 5.74) is 0.201. The molecular weight excluding hydrogens is 205 g/mol. The highest BCUT2D eigenvalue weighted by atomic mass is 19.3. The number of halogens is 2. The van der Waals surface area contributed by atoms with Crippen molar-refractivity contribution >= 4 is 12.6 Å². The van der Waals surface area contributed by atoms with Crippen LogP contribution in [0.25, 0.3) is 0 Å². The molecule has 0 unspecified atom stereocenters. The van der Waals surface area contributed by atoms with E-state index in [0.29, 0.717) is 0 Å². The van der Waals surface area contributed by atoms with Gasteiger partial charge in [-0.25, -0.2) is 8.78 Å². The molecule has 0 heterocycles. The summed E-state index contributed by atoms with van der Waals surface area (Å²) in [7, 11) is -1.63. The normalized spacial score (nSPS) is 11.3. The standard InChI is InChI=1S/C9H11BF2O3/c1-9(11,12)6-15-8-4-2-3-7(5-8)10(13)14/h2-5,13-14H,6H2,1H3. The van der Waals surface area contributed by atoms with Crippen molar-refractivity contribution in [3.8, 4) is 5.75 Å². The predicted octanol–water partition coefficient (Wildman–Crippen LogP) is 0.400. The Morgan fingerprint density at radius 2 is 2.07 bits per heavy atom. The minimum Gasteiger partial charge on any atom is -0.487 e. The summed E-state index contributed by atoms with van der Waals surface area (Å²) in [6.45, 7) is 0.00964. The van der Waals surface area contributed by atoms with E-state index in [1.165, 1.54) is 24.3 Å². The highest BCUT2D eigenvalue weighted by Gasteiger charge is 2.22. The SMILES string of the molecule is CC(F)(F)COc1cccc(B(O)O)c1. The third-order valence-corrected chi connectivity index (χ3v) is 1.65. The quantitative estimate of drug-likeness (QED) is 0.716. The average Bonchev–Trinajstić information content (AvgIpc) is 2.14. The van der Waals surface area contributed by atoms with E-state index < -0.39 is 19.6 Å². The van der Waals surface area contributed by atoms with Crippen molar-refractivity contribution in [3.05, 3.63) is 24.3 Å². The Morgan fingerprint density at radius 1 is 1.40 bits per heavy atom. The Morgan fingerprint density at radius 3 is 2.60 bits per heavy atom. The van der Waals surface area contributed by atoms with Crippen molar-refractivity contribution in [1.29, 1.82) is 0 Å². The molecule has 3 nitrogen and oxygen atoms in total. The van der Waals surface area contributed by atoms with Crippen molar-refractivity contribution in [2.75, 3.05) is 6.61 Å². The summed E-state index contributed by atoms with van der Waals surface area (Å²) < 4.78 is 29.7. The molecule has 0 fully saturated rings. The molecule has 1 aromatic carbocycles. The lowest BCUT2D eigenvalue weighted by atomic mass is 9.80. The Balaban J connectivity index is 2.66. The first-order valence-electron chi connectivity index (χ1n) is 4.35. The molecule has 6 heteroatoms. The van der Waals surface area contributed by atoms with Gasteiger partial charge in [0.2, 0.25) is 0 Å². The molecule has 0 amide bonds. The van der Waals surface area contributed by atoms with Crippen LogP contribution in [0.4, 0.5) is 8.78 Å². The van der Waals surface area contributed by atoms with Crippen molar-refractivity contribution in [2.45, 2.75) is 12.8 Å². The highest BCUT2D eigenvalue weighted by molar-refractivity contribution is 6.58. The molecule has 2 N–H and O–H groups in total. The maximum absolute atomic E-state index is 12.4. The molecule has 0 aliphatic carbocycles. The topological polar surface area (TPSA) is 49.7 Å². The average molecular weight is 216 g/mol. The first-order valence-corrected chi connectivity index (χ1v) is 4.35. The van der Waals surface area contributed by atoms with Gasteiger partial charge in [0.15, 0.2) is 6.61 Å². The Hall–Kier alpha value is -1.14. The molecule has 0 spiro atoms. The zero-order valence-electron chi connectivity index (χ0n) is 8.15. The van der Waals surface area contributed by atoms with E-state index in [1.807, 2.05) is 0 Å². The van der Waals surface area contributed by atoms with Gasteiger partial charge in [-0.3, -0.25) is 0 Å². The van der Waals surface area contributed by atoms with Crippen molar-refractivity contribution < 1.29 is 23.6 Å². The predicted molar refractivity (Wildman–Crippen MR) is 52.4 cm³/mol. The Bertz CT molecular complexity index is 325. The molecular formula is C9H11BF2O3. The van der Waals surface area contributed by atoms with Crippen LogP contribution in [0.15, 0.2) is 24.3 Å². The number of hydrogen-bond acceptors (Lipinski definition) is 3. The molecule has 0 bridgehead atoms. The van der Waals surface area contributed by atoms with E-state index in [0.717, 1.165) is 6.92 Å². The second-order valence-corrected chi connectivity index (χ2v) is 3.31. The largest absolute Gasteiger partial charge is 0.488 e. The van der Waals surface area contributed by atoms with E-state index in [4.69, 9.17) is 14.8 Å². The monoisotopic (exact) mass is 216 g/mol. The number of rotatable bonds is 4. The van der Waals surface area contributed by atoms with Gasteiger partial charge < -0.3 is 14.8 Å². The Labute approximate surface area is 86.5 Å². The van der Waals surface area contributed by atoms with E-state index in [2.05, 4.69) is 0 Å². The molecule has 0 atom stereocenters. The van der Waals surface area contributed by atoms with Crippen LogP contribution in [0.5, 0.6) is 5.75 Å². The zero-order chi connectivity index (χ0) is 11.5. The van der Waals surface area contributed by atoms with Gasteiger partial charge in [-0.05, 0) is 17.6 Å². The van der Waals surface area contributed by atoms with Crippen LogP contribution < -0.4 is 10.2 Å². The van der Waals surface area contributed by atoms with Crippen LogP contribution >= 0.6 is 0 Å². The fraction of sp³-hybridized carbons (Fsp3) is 0.333. The minimum absolute atomic E-state index is 0.183. The van der Waals surface area contributed by atoms with Gasteiger partial charge in [0, 0.05) is 6.92 Å². The second-order valence-electron chi connectivity index (χ2n) is 3.31. The third kappa shape index (κ3) is 4.27. The van der Waals surface area contributed by atoms with Crippen LogP contribution in [0.2, 0.25) is 0 Å². The van der Waals surface area contributed by atoms with Crippen LogP contribution in [0.1, 0.15) is 6.92 Å². The molecule has 1 aromatic rings. The number of hydrogen-bond donors (Lipinski definition) is 2. The highest BCUT2D eigenvalue weighted by Crippen LogP contribution is 2.15. The number of benzene rings is 1. The molecule has 0 aliphatic heterocycles. The van der Waals surface area contributed by atoms with E-state index in [1.54, 1.807) is 0 Å². The fourth-order valence-corrected chi connectivity index (χ4v) is 0.975. The van der Waals surface area contributed by atoms with Crippen LogP contribution in [0.3, 0.4) is 0 Å². The molecule has 0 aliphatic rings. The fourth-order valence-electron chi connectivity index (χ4n) is 0.975. The van der Waals surface area contributed by atoms with Gasteiger partial charge in [0.25, 0.3) is 5.92 Å². The van der Waals surface area contributed by atoms with Crippen LogP contribution in [-0.4, -0.2) is 29.7 Å². The van der Waals surface area contributed by atoms with Gasteiger partial charge in [-0.2, -0.15) is 0 Å². The molecule has 82 valence electrons. The van der Waals surface area contributed by atoms with Crippen LogP contribution in [0, 0.1) is 0 Å². The van der Waals surface area contributed by atoms with Crippen LogP contribution in [-0.2, 0) is 0 Å². The lowest BCUT2D eigenvalue weighted by Crippen LogP contribution is -2.30. The lowest BCUT2D eigenvalue weighted by molar-refractivity contribution is -0.0229. The first kappa shape index (κ1) is 11.9. The first-order chi connectivity index (χ1) is 6.88. The second kappa shape index (κ2) is 4.59. The summed E-state index contributed by atoms with van der Waals surface area (Å²) in [6.07, 6.45) is 0. The Kier molecular flexibility index (Phi) is 3.65. The van der Waals surface area contributed by atoms with E-state index in [-0.39, 0.29) is 11.2 Å². The minimum atomic E-state index is -2.91. The van der Waals surface area contributed by atoms with Gasteiger partial charge >= 0.3 is 7.12 Å². The lowest BCUT2D eigenvalue weighted by Gasteiger charge is -2.12. The summed E-state index contributed by atoms with van der Waals surface area (Å²) in [5, 5.41) is 17.7. The smallest absolute Gasteiger partial charge is 0.487 e. The zero-order valence-corrected chi connectivity index (χ0v) is 8.15. The molecule has 0 saturated heterocycles. The van der Waals surface area contributed by atoms with Crippen molar-refractivity contribution in [3.63, 3.8) is 0 Å². The summed E-state index contributed by atoms with van der Waals surface area (Å²) in [4.78, 5) is 0. The molecule has 15 heavy (non-hydrogen) atoms. The number of ether oxygens (including phenoxy) is 1. The summed E-state index contributed by atoms with van der Waals surface area (Å²) >= 11 is 0. The van der Waals surface area contributed by atoms with Gasteiger partial charge in [-0.15, -0.1) is 0 Å². The van der Waals surface area contributed by atoms with Crippen molar-refractivity contribution in [2.24, 2.45) is 0 Å². The maximum atomic E-state index is 12.4. The third-order valence-electron chi connectivity index (χ3n) is 1.65. The van der Waals surface area contributed by atoms with Gasteiger partial charge in [0.1, 0.15) is 5.75 Å². The number of alkyl halides is 2. The molecule has 0 aromatic heterocycles. The van der Waals surface area contributed by atoms with Crippen molar-refractivity contribution in [1.82, 2.24) is 0 Å². The summed E-state index contributed by atoms with van der Waals surface area (Å²) in [5.74, 6) is -2.73. The maximum Gasteiger partial charge on any atom is 0.488 e. The van der Waals surface area contributed by atoms with E-state index in [9.17, 15) is 8.78 Å². The summed E-state index contributed by atoms with van der Waals surface area (Å²) in [6, 6.07) is 5.73. The van der Waals surface area contributed by atoms with Gasteiger partial charge in [-0.1, -0.05) is 12.1 Å². The molecule has 0 radical (unpaired) electrons.